The maximum absolute atomic E-state index is 12.1. The number of rotatable bonds is 2. The highest BCUT2D eigenvalue weighted by molar-refractivity contribution is 5.89. The fourth-order valence-corrected chi connectivity index (χ4v) is 3.09. The summed E-state index contributed by atoms with van der Waals surface area (Å²) in [5.41, 5.74) is 3.00. The van der Waals surface area contributed by atoms with Crippen LogP contribution in [0.25, 0.3) is 0 Å². The van der Waals surface area contributed by atoms with Crippen LogP contribution in [0.4, 0.5) is 0 Å². The molecule has 1 aromatic rings. The average Bonchev–Trinajstić information content (AvgIpc) is 2.52. The average molecular weight is 285 g/mol. The fourth-order valence-electron chi connectivity index (χ4n) is 3.09. The van der Waals surface area contributed by atoms with Gasteiger partial charge in [0.05, 0.1) is 5.56 Å². The van der Waals surface area contributed by atoms with Gasteiger partial charge in [-0.1, -0.05) is 18.2 Å². The zero-order chi connectivity index (χ0) is 14.8. The van der Waals surface area contributed by atoms with Gasteiger partial charge in [0.1, 0.15) is 6.10 Å². The number of hydrogen-bond donors (Lipinski definition) is 0. The molecule has 3 rings (SSSR count). The molecule has 1 amide bonds. The van der Waals surface area contributed by atoms with Crippen molar-refractivity contribution in [3.05, 3.63) is 47.2 Å². The van der Waals surface area contributed by atoms with Crippen molar-refractivity contribution in [2.24, 2.45) is 0 Å². The van der Waals surface area contributed by atoms with Crippen molar-refractivity contribution < 1.29 is 14.3 Å². The van der Waals surface area contributed by atoms with Crippen molar-refractivity contribution in [1.82, 2.24) is 4.90 Å². The Labute approximate surface area is 124 Å². The van der Waals surface area contributed by atoms with E-state index in [-0.39, 0.29) is 18.0 Å². The van der Waals surface area contributed by atoms with Gasteiger partial charge in [-0.05, 0) is 37.0 Å². The van der Waals surface area contributed by atoms with Crippen molar-refractivity contribution in [3.63, 3.8) is 0 Å². The summed E-state index contributed by atoms with van der Waals surface area (Å²) in [4.78, 5) is 25.6. The van der Waals surface area contributed by atoms with Gasteiger partial charge in [-0.2, -0.15) is 0 Å². The third-order valence-corrected chi connectivity index (χ3v) is 4.29. The normalized spacial score (nSPS) is 22.0. The van der Waals surface area contributed by atoms with Crippen LogP contribution in [0.1, 0.15) is 42.5 Å². The molecule has 1 aliphatic heterocycles. The molecular weight excluding hydrogens is 266 g/mol. The van der Waals surface area contributed by atoms with E-state index < -0.39 is 0 Å². The molecule has 4 nitrogen and oxygen atoms in total. The van der Waals surface area contributed by atoms with E-state index >= 15 is 0 Å². The van der Waals surface area contributed by atoms with Gasteiger partial charge in [-0.15, -0.1) is 0 Å². The SMILES string of the molecule is CN1C(=O)CCC2=C1CC[C@@H](OC(=O)c1ccccc1)C2. The molecule has 2 aliphatic rings. The first-order chi connectivity index (χ1) is 10.1. The zero-order valence-electron chi connectivity index (χ0n) is 12.2. The number of hydrogen-bond acceptors (Lipinski definition) is 3. The Balaban J connectivity index is 1.67. The third kappa shape index (κ3) is 2.84. The Morgan fingerprint density at radius 1 is 1.19 bits per heavy atom. The quantitative estimate of drug-likeness (QED) is 0.785. The number of allylic oxidation sites excluding steroid dienone is 1. The van der Waals surface area contributed by atoms with Crippen molar-refractivity contribution >= 4 is 11.9 Å². The zero-order valence-corrected chi connectivity index (χ0v) is 12.2. The van der Waals surface area contributed by atoms with Crippen molar-refractivity contribution in [2.75, 3.05) is 7.05 Å². The Kier molecular flexibility index (Phi) is 3.78. The van der Waals surface area contributed by atoms with Crippen molar-refractivity contribution in [1.29, 1.82) is 0 Å². The molecule has 1 heterocycles. The summed E-state index contributed by atoms with van der Waals surface area (Å²) in [6.45, 7) is 0. The van der Waals surface area contributed by atoms with E-state index in [1.807, 2.05) is 25.2 Å². The standard InChI is InChI=1S/C17H19NO3/c1-18-15-9-8-14(11-13(15)7-10-16(18)19)21-17(20)12-5-3-2-4-6-12/h2-6,14H,7-11H2,1H3/t14-/m1/s1. The minimum atomic E-state index is -0.259. The van der Waals surface area contributed by atoms with Gasteiger partial charge in [-0.25, -0.2) is 4.79 Å². The predicted octanol–water partition coefficient (Wildman–Crippen LogP) is 2.90. The maximum atomic E-state index is 12.1. The van der Waals surface area contributed by atoms with Gasteiger partial charge >= 0.3 is 5.97 Å². The topological polar surface area (TPSA) is 46.6 Å². The molecule has 0 unspecified atom stereocenters. The van der Waals surface area contributed by atoms with E-state index in [0.717, 1.165) is 31.4 Å². The van der Waals surface area contributed by atoms with Crippen molar-refractivity contribution in [3.8, 4) is 0 Å². The van der Waals surface area contributed by atoms with E-state index in [0.29, 0.717) is 12.0 Å². The lowest BCUT2D eigenvalue weighted by Crippen LogP contribution is -2.35. The highest BCUT2D eigenvalue weighted by Gasteiger charge is 2.30. The molecule has 0 fully saturated rings. The summed E-state index contributed by atoms with van der Waals surface area (Å²) in [6.07, 6.45) is 3.65. The van der Waals surface area contributed by atoms with E-state index in [9.17, 15) is 9.59 Å². The smallest absolute Gasteiger partial charge is 0.338 e. The number of esters is 1. The Morgan fingerprint density at radius 2 is 1.95 bits per heavy atom. The first kappa shape index (κ1) is 13.9. The highest BCUT2D eigenvalue weighted by Crippen LogP contribution is 2.35. The van der Waals surface area contributed by atoms with Gasteiger partial charge in [-0.3, -0.25) is 4.79 Å². The van der Waals surface area contributed by atoms with Crippen LogP contribution in [-0.4, -0.2) is 29.9 Å². The largest absolute Gasteiger partial charge is 0.458 e. The van der Waals surface area contributed by atoms with Crippen LogP contribution < -0.4 is 0 Å². The molecule has 110 valence electrons. The summed E-state index contributed by atoms with van der Waals surface area (Å²) in [5.74, 6) is -0.0710. The Bertz CT molecular complexity index is 591. The van der Waals surface area contributed by atoms with E-state index in [1.165, 1.54) is 5.57 Å². The molecule has 0 bridgehead atoms. The van der Waals surface area contributed by atoms with Crippen molar-refractivity contribution in [2.45, 2.75) is 38.2 Å². The van der Waals surface area contributed by atoms with Crippen LogP contribution in [0, 0.1) is 0 Å². The van der Waals surface area contributed by atoms with Gasteiger partial charge < -0.3 is 9.64 Å². The number of amides is 1. The minimum Gasteiger partial charge on any atom is -0.458 e. The number of nitrogens with zero attached hydrogens (tertiary/aromatic N) is 1. The second-order valence-corrected chi connectivity index (χ2v) is 5.64. The molecular formula is C17H19NO3. The lowest BCUT2D eigenvalue weighted by molar-refractivity contribution is -0.129. The number of carbonyl (C=O) groups is 2. The third-order valence-electron chi connectivity index (χ3n) is 4.29. The maximum Gasteiger partial charge on any atom is 0.338 e. The minimum absolute atomic E-state index is 0.0712. The molecule has 4 heteroatoms. The summed E-state index contributed by atoms with van der Waals surface area (Å²) < 4.78 is 5.61. The lowest BCUT2D eigenvalue weighted by Gasteiger charge is -2.35. The highest BCUT2D eigenvalue weighted by atomic mass is 16.5. The number of carbonyl (C=O) groups excluding carboxylic acids is 2. The monoisotopic (exact) mass is 285 g/mol. The second kappa shape index (κ2) is 5.72. The number of benzene rings is 1. The molecule has 0 saturated heterocycles. The van der Waals surface area contributed by atoms with Gasteiger partial charge in [0, 0.05) is 25.6 Å². The van der Waals surface area contributed by atoms with Gasteiger partial charge in [0.15, 0.2) is 0 Å². The molecule has 1 atom stereocenters. The van der Waals surface area contributed by atoms with Crippen LogP contribution in [0.5, 0.6) is 0 Å². The van der Waals surface area contributed by atoms with Crippen LogP contribution in [-0.2, 0) is 9.53 Å². The molecule has 0 radical (unpaired) electrons. The van der Waals surface area contributed by atoms with E-state index in [2.05, 4.69) is 0 Å². The van der Waals surface area contributed by atoms with Crippen LogP contribution in [0.2, 0.25) is 0 Å². The van der Waals surface area contributed by atoms with E-state index in [4.69, 9.17) is 4.74 Å². The van der Waals surface area contributed by atoms with Gasteiger partial charge in [0.25, 0.3) is 0 Å². The second-order valence-electron chi connectivity index (χ2n) is 5.64. The van der Waals surface area contributed by atoms with E-state index in [1.54, 1.807) is 17.0 Å². The molecule has 21 heavy (non-hydrogen) atoms. The molecule has 0 aromatic heterocycles. The molecule has 0 spiro atoms. The van der Waals surface area contributed by atoms with Crippen LogP contribution in [0.15, 0.2) is 41.6 Å². The summed E-state index contributed by atoms with van der Waals surface area (Å²) in [6, 6.07) is 9.08. The van der Waals surface area contributed by atoms with Crippen LogP contribution >= 0.6 is 0 Å². The summed E-state index contributed by atoms with van der Waals surface area (Å²) in [5, 5.41) is 0. The fraction of sp³-hybridized carbons (Fsp3) is 0.412. The summed E-state index contributed by atoms with van der Waals surface area (Å²) >= 11 is 0. The molecule has 0 N–H and O–H groups in total. The molecule has 0 saturated carbocycles. The molecule has 1 aliphatic carbocycles. The van der Waals surface area contributed by atoms with Crippen LogP contribution in [0.3, 0.4) is 0 Å². The predicted molar refractivity (Wildman–Crippen MR) is 78.5 cm³/mol. The Morgan fingerprint density at radius 3 is 2.71 bits per heavy atom. The summed E-state index contributed by atoms with van der Waals surface area (Å²) in [7, 11) is 1.84. The lowest BCUT2D eigenvalue weighted by atomic mass is 9.87. The first-order valence-electron chi connectivity index (χ1n) is 7.38. The molecule has 1 aromatic carbocycles. The first-order valence-corrected chi connectivity index (χ1v) is 7.38. The Hall–Kier alpha value is -2.10. The van der Waals surface area contributed by atoms with Gasteiger partial charge in [0.2, 0.25) is 5.91 Å². The number of ether oxygens (including phenoxy) is 1.